The summed E-state index contributed by atoms with van der Waals surface area (Å²) in [6.45, 7) is 1.48. The molecule has 2 rings (SSSR count). The smallest absolute Gasteiger partial charge is 0.306 e. The van der Waals surface area contributed by atoms with Crippen molar-refractivity contribution in [3.63, 3.8) is 0 Å². The van der Waals surface area contributed by atoms with Crippen molar-refractivity contribution in [1.29, 1.82) is 0 Å². The second-order valence-corrected chi connectivity index (χ2v) is 7.36. The van der Waals surface area contributed by atoms with Crippen LogP contribution < -0.4 is 15.3 Å². The van der Waals surface area contributed by atoms with Gasteiger partial charge in [-0.05, 0) is 25.1 Å². The number of aromatic amines is 1. The average molecular weight is 348 g/mol. The van der Waals surface area contributed by atoms with E-state index in [1.165, 1.54) is 25.1 Å². The van der Waals surface area contributed by atoms with Crippen molar-refractivity contribution in [2.75, 3.05) is 4.72 Å². The summed E-state index contributed by atoms with van der Waals surface area (Å²) in [6, 6.07) is 3.94. The molecular formula is C11H10ClN3O4S2. The van der Waals surface area contributed by atoms with Crippen LogP contribution in [0.1, 0.15) is 16.1 Å². The number of primary amides is 1. The van der Waals surface area contributed by atoms with E-state index in [2.05, 4.69) is 9.71 Å². The van der Waals surface area contributed by atoms with Crippen LogP contribution >= 0.6 is 22.9 Å². The van der Waals surface area contributed by atoms with Crippen molar-refractivity contribution >= 4 is 44.6 Å². The number of hydrogen-bond donors (Lipinski definition) is 3. The summed E-state index contributed by atoms with van der Waals surface area (Å²) >= 11 is 6.43. The van der Waals surface area contributed by atoms with E-state index >= 15 is 0 Å². The molecule has 0 fully saturated rings. The van der Waals surface area contributed by atoms with Crippen molar-refractivity contribution < 1.29 is 13.2 Å². The van der Waals surface area contributed by atoms with E-state index in [9.17, 15) is 18.0 Å². The van der Waals surface area contributed by atoms with Gasteiger partial charge in [0.25, 0.3) is 10.0 Å². The normalized spacial score (nSPS) is 11.3. The summed E-state index contributed by atoms with van der Waals surface area (Å²) in [5, 5.41) is 0.0293. The van der Waals surface area contributed by atoms with Gasteiger partial charge in [-0.1, -0.05) is 22.9 Å². The summed E-state index contributed by atoms with van der Waals surface area (Å²) in [7, 11) is -3.91. The van der Waals surface area contributed by atoms with Crippen LogP contribution in [0.15, 0.2) is 27.2 Å². The van der Waals surface area contributed by atoms with Gasteiger partial charge in [0.05, 0.1) is 16.3 Å². The second kappa shape index (κ2) is 5.51. The molecule has 0 bridgehead atoms. The lowest BCUT2D eigenvalue weighted by Gasteiger charge is -2.08. The molecule has 0 aliphatic heterocycles. The molecule has 1 aromatic heterocycles. The highest BCUT2D eigenvalue weighted by Crippen LogP contribution is 2.24. The number of halogens is 1. The van der Waals surface area contributed by atoms with E-state index in [-0.39, 0.29) is 26.2 Å². The lowest BCUT2D eigenvalue weighted by atomic mass is 10.2. The van der Waals surface area contributed by atoms with Crippen LogP contribution in [-0.4, -0.2) is 19.3 Å². The minimum Gasteiger partial charge on any atom is -0.366 e. The molecule has 0 aliphatic rings. The van der Waals surface area contributed by atoms with Gasteiger partial charge in [-0.25, -0.2) is 8.42 Å². The number of aryl methyl sites for hydroxylation is 1. The highest BCUT2D eigenvalue weighted by atomic mass is 35.5. The van der Waals surface area contributed by atoms with Crippen molar-refractivity contribution in [1.82, 2.24) is 4.98 Å². The number of amides is 1. The minimum atomic E-state index is -3.91. The molecule has 7 nitrogen and oxygen atoms in total. The summed E-state index contributed by atoms with van der Waals surface area (Å²) in [6.07, 6.45) is 0. The predicted molar refractivity (Wildman–Crippen MR) is 80.5 cm³/mol. The molecule has 1 aromatic carbocycles. The molecule has 0 saturated carbocycles. The van der Waals surface area contributed by atoms with E-state index in [1.807, 2.05) is 0 Å². The fourth-order valence-electron chi connectivity index (χ4n) is 1.63. The fraction of sp³-hybridized carbons (Fsp3) is 0.0909. The van der Waals surface area contributed by atoms with Crippen LogP contribution in [0.4, 0.5) is 5.69 Å². The lowest BCUT2D eigenvalue weighted by molar-refractivity contribution is 0.100. The molecule has 2 aromatic rings. The third-order valence-corrected chi connectivity index (χ3v) is 5.81. The molecule has 10 heteroatoms. The molecule has 112 valence electrons. The first kappa shape index (κ1) is 15.5. The molecule has 4 N–H and O–H groups in total. The van der Waals surface area contributed by atoms with Crippen molar-refractivity contribution in [2.24, 2.45) is 5.73 Å². The first-order chi connectivity index (χ1) is 9.70. The molecular weight excluding hydrogens is 338 g/mol. The quantitative estimate of drug-likeness (QED) is 0.771. The molecule has 1 amide bonds. The molecule has 0 aliphatic carbocycles. The Hall–Kier alpha value is -1.84. The Balaban J connectivity index is 2.37. The SMILES string of the molecule is Cc1[nH]c(=O)sc1S(=O)(=O)Nc1ccc(C(N)=O)c(Cl)c1. The molecule has 0 spiro atoms. The summed E-state index contributed by atoms with van der Waals surface area (Å²) in [5.41, 5.74) is 5.60. The van der Waals surface area contributed by atoms with Crippen molar-refractivity contribution in [3.8, 4) is 0 Å². The van der Waals surface area contributed by atoms with Gasteiger partial charge in [-0.2, -0.15) is 0 Å². The van der Waals surface area contributed by atoms with Crippen molar-refractivity contribution in [2.45, 2.75) is 11.1 Å². The topological polar surface area (TPSA) is 122 Å². The molecule has 0 unspecified atom stereocenters. The number of rotatable bonds is 4. The zero-order valence-corrected chi connectivity index (χ0v) is 13.0. The van der Waals surface area contributed by atoms with Gasteiger partial charge in [-0.3, -0.25) is 14.3 Å². The Kier molecular flexibility index (Phi) is 4.08. The molecule has 0 radical (unpaired) electrons. The molecule has 0 saturated heterocycles. The highest BCUT2D eigenvalue weighted by molar-refractivity contribution is 7.94. The van der Waals surface area contributed by atoms with Crippen molar-refractivity contribution in [3.05, 3.63) is 44.1 Å². The number of aromatic nitrogens is 1. The number of H-pyrrole nitrogens is 1. The first-order valence-electron chi connectivity index (χ1n) is 5.52. The minimum absolute atomic E-state index is 0.0293. The van der Waals surface area contributed by atoms with E-state index in [4.69, 9.17) is 17.3 Å². The highest BCUT2D eigenvalue weighted by Gasteiger charge is 2.21. The van der Waals surface area contributed by atoms with E-state index in [0.29, 0.717) is 11.3 Å². The van der Waals surface area contributed by atoms with Gasteiger partial charge in [0.2, 0.25) is 5.91 Å². The largest absolute Gasteiger partial charge is 0.366 e. The Morgan fingerprint density at radius 1 is 1.43 bits per heavy atom. The number of nitrogens with one attached hydrogen (secondary N) is 2. The van der Waals surface area contributed by atoms with Gasteiger partial charge in [0.15, 0.2) is 4.21 Å². The monoisotopic (exact) mass is 347 g/mol. The van der Waals surface area contributed by atoms with Crippen LogP contribution in [0.2, 0.25) is 5.02 Å². The number of carbonyl (C=O) groups is 1. The van der Waals surface area contributed by atoms with Gasteiger partial charge in [0, 0.05) is 5.69 Å². The van der Waals surface area contributed by atoms with E-state index in [0.717, 1.165) is 0 Å². The van der Waals surface area contributed by atoms with Crippen LogP contribution in [0.5, 0.6) is 0 Å². The standard InChI is InChI=1S/C11H10ClN3O4S2/c1-5-10(20-11(17)14-5)21(18,19)15-6-2-3-7(9(13)16)8(12)4-6/h2-4,15H,1H3,(H2,13,16)(H,14,17). The van der Waals surface area contributed by atoms with Gasteiger partial charge < -0.3 is 10.7 Å². The van der Waals surface area contributed by atoms with Gasteiger partial charge in [0.1, 0.15) is 0 Å². The first-order valence-corrected chi connectivity index (χ1v) is 8.20. The third kappa shape index (κ3) is 3.26. The Labute approximate surface area is 128 Å². The van der Waals surface area contributed by atoms with Crippen LogP contribution in [0, 0.1) is 6.92 Å². The van der Waals surface area contributed by atoms with Crippen LogP contribution in [0.3, 0.4) is 0 Å². The zero-order chi connectivity index (χ0) is 15.8. The predicted octanol–water partition coefficient (Wildman–Crippen LogP) is 1.30. The average Bonchev–Trinajstić information content (AvgIpc) is 2.68. The number of thiazole rings is 1. The fourth-order valence-corrected chi connectivity index (χ4v) is 4.25. The molecule has 21 heavy (non-hydrogen) atoms. The van der Waals surface area contributed by atoms with Gasteiger partial charge in [-0.15, -0.1) is 0 Å². The maximum absolute atomic E-state index is 12.2. The second-order valence-electron chi connectivity index (χ2n) is 4.09. The third-order valence-electron chi connectivity index (χ3n) is 2.51. The number of sulfonamides is 1. The Morgan fingerprint density at radius 2 is 2.10 bits per heavy atom. The number of hydrogen-bond acceptors (Lipinski definition) is 5. The number of benzene rings is 1. The maximum Gasteiger partial charge on any atom is 0.306 e. The number of carbonyl (C=O) groups excluding carboxylic acids is 1. The number of anilines is 1. The lowest BCUT2D eigenvalue weighted by Crippen LogP contribution is -2.14. The van der Waals surface area contributed by atoms with Gasteiger partial charge >= 0.3 is 4.87 Å². The summed E-state index contributed by atoms with van der Waals surface area (Å²) in [5.74, 6) is -0.714. The number of nitrogens with two attached hydrogens (primary N) is 1. The van der Waals surface area contributed by atoms with Crippen LogP contribution in [-0.2, 0) is 10.0 Å². The van der Waals surface area contributed by atoms with E-state index < -0.39 is 20.8 Å². The zero-order valence-electron chi connectivity index (χ0n) is 10.6. The molecule has 0 atom stereocenters. The summed E-state index contributed by atoms with van der Waals surface area (Å²) in [4.78, 5) is 24.2. The van der Waals surface area contributed by atoms with E-state index in [1.54, 1.807) is 0 Å². The Bertz CT molecular complexity index is 870. The Morgan fingerprint density at radius 3 is 2.57 bits per heavy atom. The maximum atomic E-state index is 12.2. The van der Waals surface area contributed by atoms with Crippen LogP contribution in [0.25, 0.3) is 0 Å². The molecule has 1 heterocycles. The summed E-state index contributed by atoms with van der Waals surface area (Å²) < 4.78 is 26.5.